The lowest BCUT2D eigenvalue weighted by molar-refractivity contribution is -0.140. The summed E-state index contributed by atoms with van der Waals surface area (Å²) in [6.07, 6.45) is 4.22. The molecule has 124 valence electrons. The molecular weight excluding hydrogens is 292 g/mol. The van der Waals surface area contributed by atoms with Gasteiger partial charge in [-0.2, -0.15) is 0 Å². The van der Waals surface area contributed by atoms with Gasteiger partial charge in [-0.1, -0.05) is 13.3 Å². The monoisotopic (exact) mass is 320 g/mol. The molecule has 0 aromatic rings. The third kappa shape index (κ3) is 8.38. The van der Waals surface area contributed by atoms with Crippen LogP contribution in [0.2, 0.25) is 0 Å². The Balaban J connectivity index is 2.20. The Bertz CT molecular complexity index is 405. The maximum absolute atomic E-state index is 11.8. The van der Waals surface area contributed by atoms with E-state index in [0.29, 0.717) is 18.9 Å². The zero-order chi connectivity index (χ0) is 15.7. The van der Waals surface area contributed by atoms with Gasteiger partial charge in [-0.15, -0.1) is 0 Å². The molecule has 1 N–H and O–H groups in total. The number of piperidine rings is 1. The highest BCUT2D eigenvalue weighted by Crippen LogP contribution is 2.10. The molecule has 1 fully saturated rings. The summed E-state index contributed by atoms with van der Waals surface area (Å²) in [6.45, 7) is 5.69. The molecule has 0 amide bonds. The van der Waals surface area contributed by atoms with Crippen molar-refractivity contribution >= 4 is 16.0 Å². The molecule has 0 aromatic carbocycles. The van der Waals surface area contributed by atoms with Gasteiger partial charge in [0.25, 0.3) is 0 Å². The molecule has 21 heavy (non-hydrogen) atoms. The van der Waals surface area contributed by atoms with Gasteiger partial charge in [-0.3, -0.25) is 4.79 Å². The number of sulfonamides is 1. The number of nitrogens with one attached hydrogen (secondary N) is 1. The quantitative estimate of drug-likeness (QED) is 0.641. The lowest BCUT2D eigenvalue weighted by atomic mass is 10.1. The maximum atomic E-state index is 11.8. The molecule has 1 saturated heterocycles. The van der Waals surface area contributed by atoms with Crippen molar-refractivity contribution in [3.63, 3.8) is 0 Å². The van der Waals surface area contributed by atoms with Crippen LogP contribution < -0.4 is 4.72 Å². The molecule has 7 heteroatoms. The molecule has 1 atom stereocenters. The van der Waals surface area contributed by atoms with Crippen molar-refractivity contribution in [3.05, 3.63) is 0 Å². The fourth-order valence-electron chi connectivity index (χ4n) is 2.50. The molecule has 0 radical (unpaired) electrons. The SMILES string of the molecule is COC(=O)CCCS(=O)(=O)NCC(C)CN1CCCCC1. The first-order valence-corrected chi connectivity index (χ1v) is 9.34. The highest BCUT2D eigenvalue weighted by Gasteiger charge is 2.16. The second-order valence-electron chi connectivity index (χ2n) is 5.81. The molecular formula is C14H28N2O4S. The molecule has 0 aliphatic carbocycles. The van der Waals surface area contributed by atoms with Gasteiger partial charge in [-0.25, -0.2) is 13.1 Å². The van der Waals surface area contributed by atoms with Gasteiger partial charge >= 0.3 is 5.97 Å². The number of nitrogens with zero attached hydrogens (tertiary/aromatic N) is 1. The Kier molecular flexibility index (Phi) is 8.21. The van der Waals surface area contributed by atoms with E-state index >= 15 is 0 Å². The Hall–Kier alpha value is -0.660. The molecule has 0 spiro atoms. The topological polar surface area (TPSA) is 75.7 Å². The number of hydrogen-bond acceptors (Lipinski definition) is 5. The molecule has 1 aliphatic heterocycles. The van der Waals surface area contributed by atoms with Crippen molar-refractivity contribution in [3.8, 4) is 0 Å². The van der Waals surface area contributed by atoms with Gasteiger partial charge in [0.2, 0.25) is 10.0 Å². The van der Waals surface area contributed by atoms with Crippen LogP contribution in [-0.2, 0) is 19.6 Å². The molecule has 1 aliphatic rings. The van der Waals surface area contributed by atoms with E-state index in [0.717, 1.165) is 19.6 Å². The second kappa shape index (κ2) is 9.38. The van der Waals surface area contributed by atoms with Crippen LogP contribution in [0, 0.1) is 5.92 Å². The van der Waals surface area contributed by atoms with Gasteiger partial charge in [0, 0.05) is 19.5 Å². The second-order valence-corrected chi connectivity index (χ2v) is 7.74. The van der Waals surface area contributed by atoms with Crippen molar-refractivity contribution in [1.82, 2.24) is 9.62 Å². The van der Waals surface area contributed by atoms with Gasteiger partial charge < -0.3 is 9.64 Å². The minimum atomic E-state index is -3.30. The standard InChI is InChI=1S/C14H28N2O4S/c1-13(12-16-8-4-3-5-9-16)11-15-21(18,19)10-6-7-14(17)20-2/h13,15H,3-12H2,1-2H3. The number of esters is 1. The van der Waals surface area contributed by atoms with Crippen LogP contribution in [0.5, 0.6) is 0 Å². The van der Waals surface area contributed by atoms with Crippen LogP contribution in [0.15, 0.2) is 0 Å². The third-order valence-electron chi connectivity index (χ3n) is 3.69. The first-order valence-electron chi connectivity index (χ1n) is 7.69. The number of rotatable bonds is 9. The lowest BCUT2D eigenvalue weighted by Gasteiger charge is -2.29. The minimum absolute atomic E-state index is 0.0292. The van der Waals surface area contributed by atoms with Gasteiger partial charge in [0.15, 0.2) is 0 Å². The molecule has 6 nitrogen and oxygen atoms in total. The summed E-state index contributed by atoms with van der Waals surface area (Å²) in [5.74, 6) is -0.111. The number of methoxy groups -OCH3 is 1. The number of carbonyl (C=O) groups is 1. The number of likely N-dealkylation sites (tertiary alicyclic amines) is 1. The zero-order valence-corrected chi connectivity index (χ0v) is 14.0. The molecule has 1 unspecified atom stereocenters. The van der Waals surface area contributed by atoms with E-state index in [1.54, 1.807) is 0 Å². The van der Waals surface area contributed by atoms with E-state index in [-0.39, 0.29) is 18.1 Å². The highest BCUT2D eigenvalue weighted by molar-refractivity contribution is 7.89. The third-order valence-corrected chi connectivity index (χ3v) is 5.12. The van der Waals surface area contributed by atoms with Gasteiger partial charge in [-0.05, 0) is 38.3 Å². The van der Waals surface area contributed by atoms with Crippen LogP contribution in [0.4, 0.5) is 0 Å². The Morgan fingerprint density at radius 3 is 2.57 bits per heavy atom. The summed E-state index contributed by atoms with van der Waals surface area (Å²) >= 11 is 0. The first-order chi connectivity index (χ1) is 9.93. The van der Waals surface area contributed by atoms with Gasteiger partial charge in [0.1, 0.15) is 0 Å². The normalized spacial score (nSPS) is 18.4. The summed E-state index contributed by atoms with van der Waals surface area (Å²) in [7, 11) is -1.99. The summed E-state index contributed by atoms with van der Waals surface area (Å²) in [6, 6.07) is 0. The number of carbonyl (C=O) groups excluding carboxylic acids is 1. The number of hydrogen-bond donors (Lipinski definition) is 1. The largest absolute Gasteiger partial charge is 0.469 e. The first kappa shape index (κ1) is 18.4. The Morgan fingerprint density at radius 2 is 1.95 bits per heavy atom. The van der Waals surface area contributed by atoms with Crippen molar-refractivity contribution < 1.29 is 17.9 Å². The van der Waals surface area contributed by atoms with Crippen molar-refractivity contribution in [2.24, 2.45) is 5.92 Å². The number of ether oxygens (including phenoxy) is 1. The predicted molar refractivity (Wildman–Crippen MR) is 82.5 cm³/mol. The summed E-state index contributed by atoms with van der Waals surface area (Å²) in [5.41, 5.74) is 0. The van der Waals surface area contributed by atoms with Crippen molar-refractivity contribution in [2.75, 3.05) is 39.0 Å². The van der Waals surface area contributed by atoms with E-state index in [9.17, 15) is 13.2 Å². The molecule has 1 heterocycles. The van der Waals surface area contributed by atoms with Crippen LogP contribution >= 0.6 is 0 Å². The van der Waals surface area contributed by atoms with E-state index in [2.05, 4.69) is 21.3 Å². The highest BCUT2D eigenvalue weighted by atomic mass is 32.2. The Morgan fingerprint density at radius 1 is 1.29 bits per heavy atom. The van der Waals surface area contributed by atoms with E-state index in [1.165, 1.54) is 26.4 Å². The van der Waals surface area contributed by atoms with Crippen LogP contribution in [-0.4, -0.2) is 58.3 Å². The smallest absolute Gasteiger partial charge is 0.305 e. The fourth-order valence-corrected chi connectivity index (χ4v) is 3.70. The fraction of sp³-hybridized carbons (Fsp3) is 0.929. The van der Waals surface area contributed by atoms with E-state index < -0.39 is 10.0 Å². The maximum Gasteiger partial charge on any atom is 0.305 e. The van der Waals surface area contributed by atoms with Gasteiger partial charge in [0.05, 0.1) is 12.9 Å². The summed E-state index contributed by atoms with van der Waals surface area (Å²) < 4.78 is 30.8. The van der Waals surface area contributed by atoms with Crippen molar-refractivity contribution in [2.45, 2.75) is 39.0 Å². The minimum Gasteiger partial charge on any atom is -0.469 e. The van der Waals surface area contributed by atoms with E-state index in [1.807, 2.05) is 0 Å². The summed E-state index contributed by atoms with van der Waals surface area (Å²) in [4.78, 5) is 13.3. The predicted octanol–water partition coefficient (Wildman–Crippen LogP) is 0.981. The van der Waals surface area contributed by atoms with Crippen LogP contribution in [0.25, 0.3) is 0 Å². The average molecular weight is 320 g/mol. The summed E-state index contributed by atoms with van der Waals surface area (Å²) in [5, 5.41) is 0. The molecule has 0 bridgehead atoms. The zero-order valence-electron chi connectivity index (χ0n) is 13.1. The molecule has 0 saturated carbocycles. The average Bonchev–Trinajstić information content (AvgIpc) is 2.46. The van der Waals surface area contributed by atoms with Crippen LogP contribution in [0.1, 0.15) is 39.0 Å². The van der Waals surface area contributed by atoms with Crippen LogP contribution in [0.3, 0.4) is 0 Å². The molecule has 0 aromatic heterocycles. The lowest BCUT2D eigenvalue weighted by Crippen LogP contribution is -2.38. The van der Waals surface area contributed by atoms with E-state index in [4.69, 9.17) is 0 Å². The van der Waals surface area contributed by atoms with Crippen molar-refractivity contribution in [1.29, 1.82) is 0 Å². The molecule has 1 rings (SSSR count). The Labute approximate surface area is 128 Å².